The zero-order valence-electron chi connectivity index (χ0n) is 6.08. The third-order valence-electron chi connectivity index (χ3n) is 1.35. The van der Waals surface area contributed by atoms with Crippen molar-refractivity contribution in [2.45, 2.75) is 6.92 Å². The summed E-state index contributed by atoms with van der Waals surface area (Å²) in [6.07, 6.45) is 0. The van der Waals surface area contributed by atoms with Crippen LogP contribution in [-0.4, -0.2) is 24.8 Å². The Kier molecular flexibility index (Phi) is 1.20. The molecule has 0 aliphatic heterocycles. The fraction of sp³-hybridized carbons (Fsp3) is 0.200. The van der Waals surface area contributed by atoms with Crippen LogP contribution < -0.4 is 5.56 Å². The second kappa shape index (κ2) is 2.10. The average molecular weight is 169 g/mol. The molecule has 2 rings (SSSR count). The van der Waals surface area contributed by atoms with Crippen molar-refractivity contribution in [2.75, 3.05) is 0 Å². The van der Waals surface area contributed by atoms with Crippen molar-refractivity contribution in [3.8, 4) is 0 Å². The molecule has 7 heteroatoms. The molecule has 0 aromatic carbocycles. The maximum Gasteiger partial charge on any atom is 0.329 e. The molecule has 0 bridgehead atoms. The van der Waals surface area contributed by atoms with Crippen LogP contribution in [0.15, 0.2) is 4.79 Å². The quantitative estimate of drug-likeness (QED) is 0.563. The van der Waals surface area contributed by atoms with Crippen molar-refractivity contribution in [1.82, 2.24) is 24.8 Å². The van der Waals surface area contributed by atoms with Gasteiger partial charge in [-0.3, -0.25) is 9.89 Å². The van der Waals surface area contributed by atoms with Gasteiger partial charge < -0.3 is 0 Å². The van der Waals surface area contributed by atoms with Gasteiger partial charge in [0.1, 0.15) is 5.82 Å². The molecule has 2 heterocycles. The number of rotatable bonds is 0. The zero-order valence-corrected chi connectivity index (χ0v) is 6.08. The van der Waals surface area contributed by atoms with Crippen LogP contribution in [0.1, 0.15) is 5.82 Å². The summed E-state index contributed by atoms with van der Waals surface area (Å²) in [4.78, 5) is 14.7. The Morgan fingerprint density at radius 1 is 1.50 bits per heavy atom. The lowest BCUT2D eigenvalue weighted by molar-refractivity contribution is 0.533. The highest BCUT2D eigenvalue weighted by molar-refractivity contribution is 5.22. The fourth-order valence-electron chi connectivity index (χ4n) is 0.869. The SMILES string of the molecule is Cc1nc2nnc(F)c(=O)n2[nH]1. The lowest BCUT2D eigenvalue weighted by Gasteiger charge is -1.86. The van der Waals surface area contributed by atoms with Crippen LogP contribution in [0, 0.1) is 12.9 Å². The van der Waals surface area contributed by atoms with E-state index in [4.69, 9.17) is 0 Å². The predicted octanol–water partition coefficient (Wildman–Crippen LogP) is -0.740. The standard InChI is InChI=1S/C5H4FN5O/c1-2-7-5-9-8-3(6)4(12)11(5)10-2/h1H3,(H,7,9,10). The van der Waals surface area contributed by atoms with E-state index >= 15 is 0 Å². The molecule has 6 nitrogen and oxygen atoms in total. The molecule has 2 aromatic heterocycles. The first-order chi connectivity index (χ1) is 5.68. The highest BCUT2D eigenvalue weighted by Crippen LogP contribution is 1.90. The summed E-state index contributed by atoms with van der Waals surface area (Å²) in [5, 5.41) is 8.86. The molecule has 0 amide bonds. The third-order valence-corrected chi connectivity index (χ3v) is 1.35. The first kappa shape index (κ1) is 6.89. The van der Waals surface area contributed by atoms with E-state index in [2.05, 4.69) is 20.3 Å². The number of fused-ring (bicyclic) bond motifs is 1. The summed E-state index contributed by atoms with van der Waals surface area (Å²) in [5.41, 5.74) is -0.874. The largest absolute Gasteiger partial charge is 0.329 e. The third kappa shape index (κ3) is 0.792. The molecule has 0 spiro atoms. The van der Waals surface area contributed by atoms with E-state index in [1.807, 2.05) is 0 Å². The summed E-state index contributed by atoms with van der Waals surface area (Å²) < 4.78 is 13.4. The number of halogens is 1. The molecule has 0 aliphatic rings. The van der Waals surface area contributed by atoms with Crippen molar-refractivity contribution in [2.24, 2.45) is 0 Å². The predicted molar refractivity (Wildman–Crippen MR) is 36.1 cm³/mol. The summed E-state index contributed by atoms with van der Waals surface area (Å²) in [7, 11) is 0. The number of nitrogens with one attached hydrogen (secondary N) is 1. The molecule has 0 saturated carbocycles. The molecule has 0 unspecified atom stereocenters. The van der Waals surface area contributed by atoms with Crippen LogP contribution in [0.3, 0.4) is 0 Å². The molecule has 0 radical (unpaired) electrons. The van der Waals surface area contributed by atoms with Gasteiger partial charge in [-0.1, -0.05) is 0 Å². The highest BCUT2D eigenvalue weighted by Gasteiger charge is 2.07. The lowest BCUT2D eigenvalue weighted by Crippen LogP contribution is -2.20. The molecule has 0 saturated heterocycles. The van der Waals surface area contributed by atoms with E-state index in [-0.39, 0.29) is 5.78 Å². The molecule has 62 valence electrons. The van der Waals surface area contributed by atoms with E-state index < -0.39 is 11.5 Å². The van der Waals surface area contributed by atoms with Crippen LogP contribution in [0.5, 0.6) is 0 Å². The van der Waals surface area contributed by atoms with Gasteiger partial charge in [-0.05, 0) is 6.92 Å². The van der Waals surface area contributed by atoms with E-state index in [1.54, 1.807) is 6.92 Å². The Hall–Kier alpha value is -1.79. The van der Waals surface area contributed by atoms with Gasteiger partial charge >= 0.3 is 5.56 Å². The number of hydrogen-bond acceptors (Lipinski definition) is 4. The summed E-state index contributed by atoms with van der Waals surface area (Å²) >= 11 is 0. The van der Waals surface area contributed by atoms with Gasteiger partial charge in [0.05, 0.1) is 0 Å². The van der Waals surface area contributed by atoms with E-state index in [1.165, 1.54) is 0 Å². The van der Waals surface area contributed by atoms with Crippen LogP contribution in [0.4, 0.5) is 4.39 Å². The van der Waals surface area contributed by atoms with Crippen LogP contribution in [0.25, 0.3) is 5.78 Å². The molecule has 0 atom stereocenters. The molecule has 12 heavy (non-hydrogen) atoms. The molecular formula is C5H4FN5O. The van der Waals surface area contributed by atoms with Crippen molar-refractivity contribution >= 4 is 5.78 Å². The Bertz CT molecular complexity index is 486. The van der Waals surface area contributed by atoms with Crippen LogP contribution in [-0.2, 0) is 0 Å². The average Bonchev–Trinajstić information content (AvgIpc) is 2.39. The van der Waals surface area contributed by atoms with Gasteiger partial charge in [0.15, 0.2) is 0 Å². The maximum atomic E-state index is 12.5. The Balaban J connectivity index is 2.99. The number of nitrogens with zero attached hydrogens (tertiary/aromatic N) is 4. The van der Waals surface area contributed by atoms with Gasteiger partial charge in [0.2, 0.25) is 0 Å². The topological polar surface area (TPSA) is 75.9 Å². The van der Waals surface area contributed by atoms with Crippen molar-refractivity contribution < 1.29 is 4.39 Å². The normalized spacial score (nSPS) is 10.8. The van der Waals surface area contributed by atoms with Gasteiger partial charge in [-0.25, -0.2) is 0 Å². The van der Waals surface area contributed by atoms with Gasteiger partial charge in [-0.15, -0.1) is 10.2 Å². The number of aromatic nitrogens is 5. The molecule has 2 aromatic rings. The van der Waals surface area contributed by atoms with Gasteiger partial charge in [-0.2, -0.15) is 13.9 Å². The second-order valence-electron chi connectivity index (χ2n) is 2.24. The molecule has 0 aliphatic carbocycles. The monoisotopic (exact) mass is 169 g/mol. The summed E-state index contributed by atoms with van der Waals surface area (Å²) in [6.45, 7) is 1.63. The number of aromatic amines is 1. The minimum Gasteiger partial charge on any atom is -0.275 e. The lowest BCUT2D eigenvalue weighted by atomic mass is 10.8. The zero-order chi connectivity index (χ0) is 8.72. The van der Waals surface area contributed by atoms with Crippen molar-refractivity contribution in [3.63, 3.8) is 0 Å². The first-order valence-electron chi connectivity index (χ1n) is 3.16. The number of aryl methyl sites for hydroxylation is 1. The van der Waals surface area contributed by atoms with Crippen LogP contribution in [0.2, 0.25) is 0 Å². The number of hydrogen-bond donors (Lipinski definition) is 1. The van der Waals surface area contributed by atoms with Crippen LogP contribution >= 0.6 is 0 Å². The summed E-state index contributed by atoms with van der Waals surface area (Å²) in [6, 6.07) is 0. The van der Waals surface area contributed by atoms with Gasteiger partial charge in [0.25, 0.3) is 11.7 Å². The minimum absolute atomic E-state index is 0.0684. The summed E-state index contributed by atoms with van der Waals surface area (Å²) in [5.74, 6) is -0.595. The van der Waals surface area contributed by atoms with E-state index in [0.717, 1.165) is 4.52 Å². The van der Waals surface area contributed by atoms with Crippen molar-refractivity contribution in [1.29, 1.82) is 0 Å². The van der Waals surface area contributed by atoms with Gasteiger partial charge in [0, 0.05) is 0 Å². The fourth-order valence-corrected chi connectivity index (χ4v) is 0.869. The molecule has 1 N–H and O–H groups in total. The Morgan fingerprint density at radius 3 is 3.00 bits per heavy atom. The maximum absolute atomic E-state index is 12.5. The smallest absolute Gasteiger partial charge is 0.275 e. The minimum atomic E-state index is -1.14. The highest BCUT2D eigenvalue weighted by atomic mass is 19.1. The second-order valence-corrected chi connectivity index (χ2v) is 2.24. The Labute approximate surface area is 65.1 Å². The Morgan fingerprint density at radius 2 is 2.25 bits per heavy atom. The molecular weight excluding hydrogens is 165 g/mol. The molecule has 0 fully saturated rings. The number of H-pyrrole nitrogens is 1. The van der Waals surface area contributed by atoms with E-state index in [9.17, 15) is 9.18 Å². The van der Waals surface area contributed by atoms with Crippen molar-refractivity contribution in [3.05, 3.63) is 22.1 Å². The van der Waals surface area contributed by atoms with E-state index in [0.29, 0.717) is 5.82 Å². The first-order valence-corrected chi connectivity index (χ1v) is 3.16.